The van der Waals surface area contributed by atoms with E-state index < -0.39 is 0 Å². The maximum atomic E-state index is 7.49. The lowest BCUT2D eigenvalue weighted by molar-refractivity contribution is 0.461. The Morgan fingerprint density at radius 3 is 2.63 bits per heavy atom. The van der Waals surface area contributed by atoms with Crippen molar-refractivity contribution in [2.45, 2.75) is 19.8 Å². The fourth-order valence-corrected chi connectivity index (χ4v) is 1.80. The molecule has 0 bridgehead atoms. The van der Waals surface area contributed by atoms with Crippen LogP contribution in [0.25, 0.3) is 0 Å². The number of aryl methyl sites for hydroxylation is 1. The first kappa shape index (κ1) is 13.1. The number of hydrogen-bond donors (Lipinski definition) is 2. The summed E-state index contributed by atoms with van der Waals surface area (Å²) in [5.41, 5.74) is 7.28. The molecule has 0 aliphatic rings. The van der Waals surface area contributed by atoms with Gasteiger partial charge in [-0.05, 0) is 36.2 Å². The van der Waals surface area contributed by atoms with Gasteiger partial charge in [0.1, 0.15) is 11.6 Å². The number of nitrogens with two attached hydrogens (primary N) is 1. The molecule has 1 aromatic carbocycles. The second-order valence-electron chi connectivity index (χ2n) is 4.27. The summed E-state index contributed by atoms with van der Waals surface area (Å²) in [6, 6.07) is 11.3. The number of amidine groups is 1. The second kappa shape index (κ2) is 6.00. The number of rotatable bonds is 5. The zero-order chi connectivity index (χ0) is 13.7. The average Bonchev–Trinajstić information content (AvgIpc) is 2.42. The first-order valence-electron chi connectivity index (χ1n) is 6.27. The van der Waals surface area contributed by atoms with Crippen LogP contribution in [0.1, 0.15) is 24.5 Å². The third-order valence-corrected chi connectivity index (χ3v) is 2.74. The Labute approximate surface area is 112 Å². The monoisotopic (exact) mass is 255 g/mol. The molecule has 0 aliphatic heterocycles. The third-order valence-electron chi connectivity index (χ3n) is 2.74. The Balaban J connectivity index is 2.19. The Hall–Kier alpha value is -2.36. The SMILES string of the molecule is CCCc1ccc(Oc2ncccc2C(=N)N)cc1. The van der Waals surface area contributed by atoms with Crippen molar-refractivity contribution in [2.24, 2.45) is 5.73 Å². The van der Waals surface area contributed by atoms with Crippen LogP contribution in [0.2, 0.25) is 0 Å². The van der Waals surface area contributed by atoms with E-state index in [0.717, 1.165) is 12.8 Å². The zero-order valence-corrected chi connectivity index (χ0v) is 10.9. The zero-order valence-electron chi connectivity index (χ0n) is 10.9. The number of hydrogen-bond acceptors (Lipinski definition) is 3. The summed E-state index contributed by atoms with van der Waals surface area (Å²) >= 11 is 0. The molecule has 19 heavy (non-hydrogen) atoms. The lowest BCUT2D eigenvalue weighted by Crippen LogP contribution is -2.12. The van der Waals surface area contributed by atoms with E-state index in [1.807, 2.05) is 24.3 Å². The first-order chi connectivity index (χ1) is 9.20. The third kappa shape index (κ3) is 3.31. The van der Waals surface area contributed by atoms with Gasteiger partial charge in [0.05, 0.1) is 5.56 Å². The van der Waals surface area contributed by atoms with Gasteiger partial charge < -0.3 is 10.5 Å². The van der Waals surface area contributed by atoms with E-state index in [1.165, 1.54) is 5.56 Å². The number of nitrogens with one attached hydrogen (secondary N) is 1. The summed E-state index contributed by atoms with van der Waals surface area (Å²) < 4.78 is 5.67. The minimum atomic E-state index is -0.0503. The number of pyridine rings is 1. The second-order valence-corrected chi connectivity index (χ2v) is 4.27. The van der Waals surface area contributed by atoms with E-state index in [0.29, 0.717) is 17.2 Å². The molecule has 0 saturated heterocycles. The molecule has 0 unspecified atom stereocenters. The van der Waals surface area contributed by atoms with Crippen LogP contribution in [0.4, 0.5) is 0 Å². The van der Waals surface area contributed by atoms with E-state index >= 15 is 0 Å². The van der Waals surface area contributed by atoms with Gasteiger partial charge in [-0.15, -0.1) is 0 Å². The standard InChI is InChI=1S/C15H17N3O/c1-2-4-11-6-8-12(9-7-11)19-15-13(14(16)17)5-3-10-18-15/h3,5-10H,2,4H2,1H3,(H3,16,17). The molecule has 4 heteroatoms. The van der Waals surface area contributed by atoms with Gasteiger partial charge in [0.25, 0.3) is 0 Å². The van der Waals surface area contributed by atoms with Crippen molar-refractivity contribution >= 4 is 5.84 Å². The Bertz CT molecular complexity index is 564. The predicted molar refractivity (Wildman–Crippen MR) is 75.8 cm³/mol. The predicted octanol–water partition coefficient (Wildman–Crippen LogP) is 3.11. The molecule has 4 nitrogen and oxygen atoms in total. The number of nitrogens with zero attached hydrogens (tertiary/aromatic N) is 1. The lowest BCUT2D eigenvalue weighted by Gasteiger charge is -2.09. The van der Waals surface area contributed by atoms with Crippen LogP contribution in [0.3, 0.4) is 0 Å². The molecule has 2 aromatic rings. The van der Waals surface area contributed by atoms with E-state index in [-0.39, 0.29) is 5.84 Å². The highest BCUT2D eigenvalue weighted by Gasteiger charge is 2.08. The summed E-state index contributed by atoms with van der Waals surface area (Å²) in [5, 5.41) is 7.49. The van der Waals surface area contributed by atoms with Gasteiger partial charge >= 0.3 is 0 Å². The van der Waals surface area contributed by atoms with Crippen molar-refractivity contribution in [1.82, 2.24) is 4.98 Å². The molecule has 0 aliphatic carbocycles. The van der Waals surface area contributed by atoms with E-state index in [4.69, 9.17) is 15.9 Å². The molecule has 0 amide bonds. The van der Waals surface area contributed by atoms with Gasteiger partial charge in [0, 0.05) is 6.20 Å². The number of aromatic nitrogens is 1. The minimum Gasteiger partial charge on any atom is -0.438 e. The van der Waals surface area contributed by atoms with Crippen molar-refractivity contribution in [3.63, 3.8) is 0 Å². The van der Waals surface area contributed by atoms with Gasteiger partial charge in [-0.2, -0.15) is 0 Å². The van der Waals surface area contributed by atoms with Crippen LogP contribution in [0, 0.1) is 5.41 Å². The van der Waals surface area contributed by atoms with Crippen LogP contribution in [0.5, 0.6) is 11.6 Å². The smallest absolute Gasteiger partial charge is 0.230 e. The van der Waals surface area contributed by atoms with Gasteiger partial charge in [-0.1, -0.05) is 25.5 Å². The molecular formula is C15H17N3O. The van der Waals surface area contributed by atoms with Crippen LogP contribution < -0.4 is 10.5 Å². The maximum absolute atomic E-state index is 7.49. The minimum absolute atomic E-state index is 0.0503. The summed E-state index contributed by atoms with van der Waals surface area (Å²) in [4.78, 5) is 4.11. The van der Waals surface area contributed by atoms with Gasteiger partial charge in [0.15, 0.2) is 0 Å². The van der Waals surface area contributed by atoms with E-state index in [9.17, 15) is 0 Å². The van der Waals surface area contributed by atoms with Crippen molar-refractivity contribution in [2.75, 3.05) is 0 Å². The molecule has 0 fully saturated rings. The fourth-order valence-electron chi connectivity index (χ4n) is 1.80. The van der Waals surface area contributed by atoms with E-state index in [2.05, 4.69) is 11.9 Å². The van der Waals surface area contributed by atoms with Crippen molar-refractivity contribution in [3.8, 4) is 11.6 Å². The Morgan fingerprint density at radius 2 is 2.00 bits per heavy atom. The van der Waals surface area contributed by atoms with Crippen molar-refractivity contribution < 1.29 is 4.74 Å². The molecule has 2 rings (SSSR count). The average molecular weight is 255 g/mol. The number of ether oxygens (including phenoxy) is 1. The highest BCUT2D eigenvalue weighted by molar-refractivity contribution is 5.97. The highest BCUT2D eigenvalue weighted by Crippen LogP contribution is 2.23. The molecule has 0 saturated carbocycles. The summed E-state index contributed by atoms with van der Waals surface area (Å²) in [7, 11) is 0. The summed E-state index contributed by atoms with van der Waals surface area (Å²) in [5.74, 6) is 1.00. The molecule has 1 heterocycles. The lowest BCUT2D eigenvalue weighted by atomic mass is 10.1. The topological polar surface area (TPSA) is 72.0 Å². The Morgan fingerprint density at radius 1 is 1.26 bits per heavy atom. The van der Waals surface area contributed by atoms with Crippen LogP contribution in [-0.2, 0) is 6.42 Å². The van der Waals surface area contributed by atoms with Gasteiger partial charge in [-0.3, -0.25) is 5.41 Å². The molecule has 0 radical (unpaired) electrons. The summed E-state index contributed by atoms with van der Waals surface area (Å²) in [6.07, 6.45) is 3.80. The highest BCUT2D eigenvalue weighted by atomic mass is 16.5. The molecule has 98 valence electrons. The van der Waals surface area contributed by atoms with Gasteiger partial charge in [0.2, 0.25) is 5.88 Å². The van der Waals surface area contributed by atoms with Crippen molar-refractivity contribution in [3.05, 3.63) is 53.7 Å². The van der Waals surface area contributed by atoms with E-state index in [1.54, 1.807) is 18.3 Å². The molecule has 3 N–H and O–H groups in total. The van der Waals surface area contributed by atoms with Crippen molar-refractivity contribution in [1.29, 1.82) is 5.41 Å². The molecule has 0 spiro atoms. The molecule has 1 aromatic heterocycles. The largest absolute Gasteiger partial charge is 0.438 e. The normalized spacial score (nSPS) is 10.2. The quantitative estimate of drug-likeness (QED) is 0.637. The Kier molecular flexibility index (Phi) is 4.13. The van der Waals surface area contributed by atoms with Crippen LogP contribution in [-0.4, -0.2) is 10.8 Å². The summed E-state index contributed by atoms with van der Waals surface area (Å²) in [6.45, 7) is 2.15. The number of benzene rings is 1. The maximum Gasteiger partial charge on any atom is 0.230 e. The van der Waals surface area contributed by atoms with Crippen LogP contribution in [0.15, 0.2) is 42.6 Å². The first-order valence-corrected chi connectivity index (χ1v) is 6.27. The van der Waals surface area contributed by atoms with Gasteiger partial charge in [-0.25, -0.2) is 4.98 Å². The fraction of sp³-hybridized carbons (Fsp3) is 0.200. The van der Waals surface area contributed by atoms with Crippen LogP contribution >= 0.6 is 0 Å². The molecular weight excluding hydrogens is 238 g/mol. The molecule has 0 atom stereocenters. The number of nitrogen functional groups attached to an aromatic ring is 1.